The predicted octanol–water partition coefficient (Wildman–Crippen LogP) is 3.51. The Morgan fingerprint density at radius 1 is 1.10 bits per heavy atom. The number of rotatable bonds is 6. The van der Waals surface area contributed by atoms with E-state index in [4.69, 9.17) is 4.74 Å². The molecule has 1 fully saturated rings. The van der Waals surface area contributed by atoms with Gasteiger partial charge in [-0.05, 0) is 48.9 Å². The first-order chi connectivity index (χ1) is 14.0. The van der Waals surface area contributed by atoms with Gasteiger partial charge in [-0.25, -0.2) is 0 Å². The van der Waals surface area contributed by atoms with E-state index in [0.29, 0.717) is 12.1 Å². The molecule has 2 atom stereocenters. The van der Waals surface area contributed by atoms with E-state index in [0.717, 1.165) is 24.8 Å². The summed E-state index contributed by atoms with van der Waals surface area (Å²) in [7, 11) is 0. The molecule has 5 heteroatoms. The number of aryl methyl sites for hydroxylation is 2. The lowest BCUT2D eigenvalue weighted by molar-refractivity contribution is -0.147. The molecule has 150 valence electrons. The van der Waals surface area contributed by atoms with Gasteiger partial charge in [-0.15, -0.1) is 0 Å². The summed E-state index contributed by atoms with van der Waals surface area (Å²) in [5.41, 5.74) is 4.13. The summed E-state index contributed by atoms with van der Waals surface area (Å²) in [6.45, 7) is 2.00. The molecule has 0 spiro atoms. The van der Waals surface area contributed by atoms with Gasteiger partial charge in [0.05, 0.1) is 12.0 Å². The number of carbonyl (C=O) groups excluding carboxylic acids is 3. The Hall–Kier alpha value is -2.95. The summed E-state index contributed by atoms with van der Waals surface area (Å²) in [4.78, 5) is 39.0. The van der Waals surface area contributed by atoms with Crippen molar-refractivity contribution in [2.45, 2.75) is 38.6 Å². The minimum atomic E-state index is -0.526. The van der Waals surface area contributed by atoms with Crippen molar-refractivity contribution >= 4 is 17.7 Å². The van der Waals surface area contributed by atoms with Crippen LogP contribution in [0.25, 0.3) is 0 Å². The molecule has 1 heterocycles. The maximum absolute atomic E-state index is 12.5. The maximum atomic E-state index is 12.5. The number of amides is 1. The average Bonchev–Trinajstić information content (AvgIpc) is 3.37. The minimum Gasteiger partial charge on any atom is -0.457 e. The van der Waals surface area contributed by atoms with Gasteiger partial charge >= 0.3 is 5.97 Å². The minimum absolute atomic E-state index is 0.0618. The highest BCUT2D eigenvalue weighted by Gasteiger charge is 2.38. The SMILES string of the molecule is C[C@@H](c1ccccc1)N1C[C@H](C(=O)OCC(=O)c2ccc3c(c2)CCC3)CC1=O. The van der Waals surface area contributed by atoms with Crippen LogP contribution in [-0.4, -0.2) is 35.7 Å². The van der Waals surface area contributed by atoms with Crippen LogP contribution in [0.5, 0.6) is 0 Å². The van der Waals surface area contributed by atoms with Crippen LogP contribution in [0.3, 0.4) is 0 Å². The highest BCUT2D eigenvalue weighted by Crippen LogP contribution is 2.29. The van der Waals surface area contributed by atoms with Crippen molar-refractivity contribution in [2.24, 2.45) is 5.92 Å². The first kappa shape index (κ1) is 19.4. The van der Waals surface area contributed by atoms with Crippen LogP contribution in [0.2, 0.25) is 0 Å². The van der Waals surface area contributed by atoms with E-state index in [9.17, 15) is 14.4 Å². The molecule has 0 bridgehead atoms. The zero-order chi connectivity index (χ0) is 20.4. The quantitative estimate of drug-likeness (QED) is 0.558. The molecule has 5 nitrogen and oxygen atoms in total. The first-order valence-corrected chi connectivity index (χ1v) is 10.2. The van der Waals surface area contributed by atoms with E-state index in [2.05, 4.69) is 0 Å². The zero-order valence-corrected chi connectivity index (χ0v) is 16.6. The van der Waals surface area contributed by atoms with Crippen molar-refractivity contribution in [2.75, 3.05) is 13.2 Å². The molecular weight excluding hydrogens is 366 g/mol. The van der Waals surface area contributed by atoms with Gasteiger partial charge in [0, 0.05) is 18.5 Å². The Morgan fingerprint density at radius 2 is 1.86 bits per heavy atom. The van der Waals surface area contributed by atoms with Gasteiger partial charge in [0.15, 0.2) is 12.4 Å². The molecule has 1 aliphatic carbocycles. The second-order valence-electron chi connectivity index (χ2n) is 7.90. The molecule has 0 unspecified atom stereocenters. The molecule has 0 radical (unpaired) electrons. The summed E-state index contributed by atoms with van der Waals surface area (Å²) in [5.74, 6) is -1.27. The largest absolute Gasteiger partial charge is 0.457 e. The molecule has 2 aromatic rings. The lowest BCUT2D eigenvalue weighted by Gasteiger charge is -2.25. The first-order valence-electron chi connectivity index (χ1n) is 10.2. The van der Waals surface area contributed by atoms with Crippen LogP contribution in [0, 0.1) is 5.92 Å². The van der Waals surface area contributed by atoms with Gasteiger partial charge in [0.2, 0.25) is 5.91 Å². The number of benzene rings is 2. The number of ether oxygens (including phenoxy) is 1. The normalized spacial score (nSPS) is 19.1. The van der Waals surface area contributed by atoms with Crippen molar-refractivity contribution < 1.29 is 19.1 Å². The second-order valence-corrected chi connectivity index (χ2v) is 7.90. The number of ketones is 1. The average molecular weight is 391 g/mol. The fourth-order valence-corrected chi connectivity index (χ4v) is 4.26. The fraction of sp³-hybridized carbons (Fsp3) is 0.375. The highest BCUT2D eigenvalue weighted by molar-refractivity contribution is 5.98. The van der Waals surface area contributed by atoms with Crippen LogP contribution in [-0.2, 0) is 27.2 Å². The monoisotopic (exact) mass is 391 g/mol. The molecule has 0 N–H and O–H groups in total. The van der Waals surface area contributed by atoms with Crippen LogP contribution in [0.1, 0.15) is 52.9 Å². The highest BCUT2D eigenvalue weighted by atomic mass is 16.5. The van der Waals surface area contributed by atoms with E-state index in [1.54, 1.807) is 4.90 Å². The number of hydrogen-bond donors (Lipinski definition) is 0. The van der Waals surface area contributed by atoms with Crippen LogP contribution in [0.15, 0.2) is 48.5 Å². The third-order valence-electron chi connectivity index (χ3n) is 6.01. The Kier molecular flexibility index (Phi) is 5.47. The van der Waals surface area contributed by atoms with Gasteiger partial charge < -0.3 is 9.64 Å². The van der Waals surface area contributed by atoms with E-state index in [-0.39, 0.29) is 30.8 Å². The number of hydrogen-bond acceptors (Lipinski definition) is 4. The molecule has 0 aromatic heterocycles. The van der Waals surface area contributed by atoms with Crippen molar-refractivity contribution in [3.05, 3.63) is 70.8 Å². The van der Waals surface area contributed by atoms with Gasteiger partial charge in [0.25, 0.3) is 0 Å². The van der Waals surface area contributed by atoms with Gasteiger partial charge in [-0.3, -0.25) is 14.4 Å². The molecular formula is C24H25NO4. The molecule has 1 amide bonds. The van der Waals surface area contributed by atoms with Gasteiger partial charge in [0.1, 0.15) is 0 Å². The number of likely N-dealkylation sites (tertiary alicyclic amines) is 1. The van der Waals surface area contributed by atoms with Gasteiger partial charge in [-0.1, -0.05) is 42.5 Å². The standard InChI is InChI=1S/C24H25NO4/c1-16(17-6-3-2-4-7-17)25-14-21(13-23(25)27)24(28)29-15-22(26)20-11-10-18-8-5-9-19(18)12-20/h2-4,6-7,10-12,16,21H,5,8-9,13-15H2,1H3/t16-,21+/m0/s1. The van der Waals surface area contributed by atoms with Crippen molar-refractivity contribution in [3.63, 3.8) is 0 Å². The molecule has 2 aliphatic rings. The van der Waals surface area contributed by atoms with Crippen LogP contribution >= 0.6 is 0 Å². The van der Waals surface area contributed by atoms with Crippen LogP contribution in [0.4, 0.5) is 0 Å². The maximum Gasteiger partial charge on any atom is 0.311 e. The number of carbonyl (C=O) groups is 3. The van der Waals surface area contributed by atoms with Crippen molar-refractivity contribution in [1.29, 1.82) is 0 Å². The lowest BCUT2D eigenvalue weighted by atomic mass is 10.0. The van der Waals surface area contributed by atoms with E-state index in [1.165, 1.54) is 11.1 Å². The topological polar surface area (TPSA) is 63.7 Å². The summed E-state index contributed by atoms with van der Waals surface area (Å²) in [6.07, 6.45) is 3.31. The third kappa shape index (κ3) is 4.09. The fourth-order valence-electron chi connectivity index (χ4n) is 4.26. The predicted molar refractivity (Wildman–Crippen MR) is 108 cm³/mol. The molecule has 4 rings (SSSR count). The number of fused-ring (bicyclic) bond motifs is 1. The smallest absolute Gasteiger partial charge is 0.311 e. The second kappa shape index (κ2) is 8.19. The molecule has 29 heavy (non-hydrogen) atoms. The van der Waals surface area contributed by atoms with Gasteiger partial charge in [-0.2, -0.15) is 0 Å². The summed E-state index contributed by atoms with van der Waals surface area (Å²) < 4.78 is 5.28. The lowest BCUT2D eigenvalue weighted by Crippen LogP contribution is -2.30. The van der Waals surface area contributed by atoms with Crippen molar-refractivity contribution in [3.8, 4) is 0 Å². The molecule has 2 aromatic carbocycles. The number of nitrogens with zero attached hydrogens (tertiary/aromatic N) is 1. The van der Waals surface area contributed by atoms with E-state index < -0.39 is 11.9 Å². The molecule has 1 saturated heterocycles. The zero-order valence-electron chi connectivity index (χ0n) is 16.6. The Labute approximate surface area is 170 Å². The number of Topliss-reactive ketones (excluding diaryl/α,β-unsaturated/α-hetero) is 1. The Morgan fingerprint density at radius 3 is 2.66 bits per heavy atom. The Bertz CT molecular complexity index is 937. The van der Waals surface area contributed by atoms with Crippen LogP contribution < -0.4 is 0 Å². The summed E-state index contributed by atoms with van der Waals surface area (Å²) in [6, 6.07) is 15.4. The summed E-state index contributed by atoms with van der Waals surface area (Å²) >= 11 is 0. The number of esters is 1. The molecule has 0 saturated carbocycles. The summed E-state index contributed by atoms with van der Waals surface area (Å²) in [5, 5.41) is 0. The van der Waals surface area contributed by atoms with E-state index >= 15 is 0 Å². The molecule has 1 aliphatic heterocycles. The Balaban J connectivity index is 1.33. The third-order valence-corrected chi connectivity index (χ3v) is 6.01. The van der Waals surface area contributed by atoms with E-state index in [1.807, 2.05) is 55.5 Å². The van der Waals surface area contributed by atoms with Crippen molar-refractivity contribution in [1.82, 2.24) is 4.90 Å².